The van der Waals surface area contributed by atoms with E-state index in [1.165, 1.54) is 35.4 Å². The largest absolute Gasteiger partial charge is 0.284 e. The summed E-state index contributed by atoms with van der Waals surface area (Å²) in [6.07, 6.45) is 5.11. The van der Waals surface area contributed by atoms with Crippen LogP contribution in [0.4, 0.5) is 0 Å². The van der Waals surface area contributed by atoms with Crippen LogP contribution in [0.25, 0.3) is 0 Å². The summed E-state index contributed by atoms with van der Waals surface area (Å²) in [4.78, 5) is 4.85. The molecule has 86 valence electrons. The number of aryl methyl sites for hydroxylation is 1. The van der Waals surface area contributed by atoms with E-state index in [0.717, 1.165) is 13.1 Å². The smallest absolute Gasteiger partial charge is 0.133 e. The van der Waals surface area contributed by atoms with Crippen LogP contribution in [0, 0.1) is 18.3 Å². The van der Waals surface area contributed by atoms with Crippen LogP contribution < -0.4 is 0 Å². The van der Waals surface area contributed by atoms with Gasteiger partial charge in [0.05, 0.1) is 6.07 Å². The Morgan fingerprint density at radius 3 is 2.44 bits per heavy atom. The fourth-order valence-electron chi connectivity index (χ4n) is 2.28. The summed E-state index contributed by atoms with van der Waals surface area (Å²) in [6.45, 7) is 4.26. The zero-order chi connectivity index (χ0) is 11.4. The van der Waals surface area contributed by atoms with Crippen LogP contribution >= 0.6 is 11.3 Å². The molecule has 1 fully saturated rings. The van der Waals surface area contributed by atoms with Crippen molar-refractivity contribution in [2.24, 2.45) is 0 Å². The van der Waals surface area contributed by atoms with Crippen LogP contribution in [0.15, 0.2) is 12.1 Å². The van der Waals surface area contributed by atoms with E-state index < -0.39 is 0 Å². The number of rotatable bonds is 2. The minimum atomic E-state index is -0.0169. The second-order valence-electron chi connectivity index (χ2n) is 4.43. The summed E-state index contributed by atoms with van der Waals surface area (Å²) in [5.74, 6) is 0. The Hall–Kier alpha value is -0.850. The van der Waals surface area contributed by atoms with Gasteiger partial charge in [-0.3, -0.25) is 4.90 Å². The first-order valence-electron chi connectivity index (χ1n) is 6.01. The zero-order valence-electron chi connectivity index (χ0n) is 9.78. The van der Waals surface area contributed by atoms with Crippen LogP contribution in [-0.2, 0) is 0 Å². The Kier molecular flexibility index (Phi) is 3.98. The van der Waals surface area contributed by atoms with Crippen LogP contribution in [0.2, 0.25) is 0 Å². The highest BCUT2D eigenvalue weighted by molar-refractivity contribution is 7.12. The molecule has 0 amide bonds. The SMILES string of the molecule is Cc1ccc(C(C#N)N2CCCCCC2)s1. The molecule has 1 atom stereocenters. The van der Waals surface area contributed by atoms with Gasteiger partial charge in [-0.1, -0.05) is 12.8 Å². The van der Waals surface area contributed by atoms with Gasteiger partial charge in [0.25, 0.3) is 0 Å². The second-order valence-corrected chi connectivity index (χ2v) is 5.75. The molecule has 1 aliphatic rings. The number of nitrogens with zero attached hydrogens (tertiary/aromatic N) is 2. The molecule has 0 radical (unpaired) electrons. The molecular weight excluding hydrogens is 216 g/mol. The lowest BCUT2D eigenvalue weighted by Crippen LogP contribution is -2.28. The predicted octanol–water partition coefficient (Wildman–Crippen LogP) is 3.50. The van der Waals surface area contributed by atoms with Gasteiger partial charge in [-0.25, -0.2) is 0 Å². The van der Waals surface area contributed by atoms with Crippen molar-refractivity contribution in [3.05, 3.63) is 21.9 Å². The van der Waals surface area contributed by atoms with Gasteiger partial charge >= 0.3 is 0 Å². The standard InChI is InChI=1S/C13H18N2S/c1-11-6-7-13(16-11)12(10-14)15-8-4-2-3-5-9-15/h6-7,12H,2-5,8-9H2,1H3. The molecule has 2 heterocycles. The molecule has 16 heavy (non-hydrogen) atoms. The molecule has 0 aliphatic carbocycles. The minimum Gasteiger partial charge on any atom is -0.284 e. The summed E-state index contributed by atoms with van der Waals surface area (Å²) in [6, 6.07) is 6.67. The lowest BCUT2D eigenvalue weighted by molar-refractivity contribution is 0.248. The number of hydrogen-bond donors (Lipinski definition) is 0. The Balaban J connectivity index is 2.12. The Morgan fingerprint density at radius 1 is 1.25 bits per heavy atom. The number of thiophene rings is 1. The number of nitriles is 1. The average Bonchev–Trinajstić information content (AvgIpc) is 2.55. The van der Waals surface area contributed by atoms with Crippen LogP contribution in [-0.4, -0.2) is 18.0 Å². The molecule has 1 aliphatic heterocycles. The summed E-state index contributed by atoms with van der Waals surface area (Å²) >= 11 is 1.76. The van der Waals surface area contributed by atoms with Gasteiger partial charge in [-0.15, -0.1) is 11.3 Å². The average molecular weight is 234 g/mol. The molecule has 1 aromatic rings. The van der Waals surface area contributed by atoms with Crippen molar-refractivity contribution in [3.8, 4) is 6.07 Å². The zero-order valence-corrected chi connectivity index (χ0v) is 10.6. The highest BCUT2D eigenvalue weighted by Crippen LogP contribution is 2.28. The van der Waals surface area contributed by atoms with Crippen molar-refractivity contribution in [3.63, 3.8) is 0 Å². The normalized spacial score (nSPS) is 20.0. The molecule has 0 aromatic carbocycles. The summed E-state index contributed by atoms with van der Waals surface area (Å²) in [5.41, 5.74) is 0. The third-order valence-electron chi connectivity index (χ3n) is 3.16. The van der Waals surface area contributed by atoms with E-state index in [2.05, 4.69) is 30.0 Å². The highest BCUT2D eigenvalue weighted by atomic mass is 32.1. The molecular formula is C13H18N2S. The van der Waals surface area contributed by atoms with Crippen LogP contribution in [0.3, 0.4) is 0 Å². The Bertz CT molecular complexity index is 370. The van der Waals surface area contributed by atoms with Crippen molar-refractivity contribution < 1.29 is 0 Å². The molecule has 0 spiro atoms. The minimum absolute atomic E-state index is 0.0169. The van der Waals surface area contributed by atoms with E-state index in [4.69, 9.17) is 0 Å². The monoisotopic (exact) mass is 234 g/mol. The van der Waals surface area contributed by atoms with Gasteiger partial charge in [-0.2, -0.15) is 5.26 Å². The summed E-state index contributed by atoms with van der Waals surface area (Å²) in [7, 11) is 0. The van der Waals surface area contributed by atoms with Crippen molar-refractivity contribution in [1.82, 2.24) is 4.90 Å². The molecule has 1 saturated heterocycles. The fraction of sp³-hybridized carbons (Fsp3) is 0.615. The molecule has 3 heteroatoms. The highest BCUT2D eigenvalue weighted by Gasteiger charge is 2.22. The maximum atomic E-state index is 9.35. The first-order valence-corrected chi connectivity index (χ1v) is 6.83. The predicted molar refractivity (Wildman–Crippen MR) is 67.5 cm³/mol. The van der Waals surface area contributed by atoms with Crippen molar-refractivity contribution in [2.45, 2.75) is 38.6 Å². The molecule has 2 nitrogen and oxygen atoms in total. The van der Waals surface area contributed by atoms with Gasteiger partial charge in [0.2, 0.25) is 0 Å². The molecule has 0 bridgehead atoms. The summed E-state index contributed by atoms with van der Waals surface area (Å²) in [5, 5.41) is 9.35. The topological polar surface area (TPSA) is 27.0 Å². The third-order valence-corrected chi connectivity index (χ3v) is 4.21. The molecule has 1 aromatic heterocycles. The van der Waals surface area contributed by atoms with E-state index >= 15 is 0 Å². The Labute approximate surface area is 102 Å². The van der Waals surface area contributed by atoms with Gasteiger partial charge in [0.1, 0.15) is 6.04 Å². The molecule has 0 N–H and O–H groups in total. The molecule has 1 unspecified atom stereocenters. The number of hydrogen-bond acceptors (Lipinski definition) is 3. The molecule has 2 rings (SSSR count). The first-order chi connectivity index (χ1) is 7.81. The van der Waals surface area contributed by atoms with E-state index in [1.54, 1.807) is 11.3 Å². The van der Waals surface area contributed by atoms with Gasteiger partial charge in [0.15, 0.2) is 0 Å². The summed E-state index contributed by atoms with van der Waals surface area (Å²) < 4.78 is 0. The first kappa shape index (κ1) is 11.6. The van der Waals surface area contributed by atoms with E-state index in [1.807, 2.05) is 0 Å². The molecule has 0 saturated carbocycles. The van der Waals surface area contributed by atoms with Crippen molar-refractivity contribution in [2.75, 3.05) is 13.1 Å². The van der Waals surface area contributed by atoms with E-state index in [9.17, 15) is 5.26 Å². The Morgan fingerprint density at radius 2 is 1.94 bits per heavy atom. The van der Waals surface area contributed by atoms with Gasteiger partial charge in [-0.05, 0) is 45.0 Å². The van der Waals surface area contributed by atoms with E-state index in [0.29, 0.717) is 0 Å². The third kappa shape index (κ3) is 2.63. The maximum absolute atomic E-state index is 9.35. The van der Waals surface area contributed by atoms with Gasteiger partial charge < -0.3 is 0 Å². The fourth-order valence-corrected chi connectivity index (χ4v) is 3.24. The van der Waals surface area contributed by atoms with E-state index in [-0.39, 0.29) is 6.04 Å². The lowest BCUT2D eigenvalue weighted by Gasteiger charge is -2.24. The quantitative estimate of drug-likeness (QED) is 0.783. The van der Waals surface area contributed by atoms with Gasteiger partial charge in [0, 0.05) is 9.75 Å². The van der Waals surface area contributed by atoms with Crippen LogP contribution in [0.5, 0.6) is 0 Å². The van der Waals surface area contributed by atoms with Crippen molar-refractivity contribution in [1.29, 1.82) is 5.26 Å². The van der Waals surface area contributed by atoms with Crippen LogP contribution in [0.1, 0.15) is 41.5 Å². The number of likely N-dealkylation sites (tertiary alicyclic amines) is 1. The lowest BCUT2D eigenvalue weighted by atomic mass is 10.2. The maximum Gasteiger partial charge on any atom is 0.133 e. The second kappa shape index (κ2) is 5.47. The van der Waals surface area contributed by atoms with Crippen molar-refractivity contribution >= 4 is 11.3 Å².